The summed E-state index contributed by atoms with van der Waals surface area (Å²) >= 11 is 6.50. The van der Waals surface area contributed by atoms with Crippen molar-refractivity contribution >= 4 is 23.4 Å². The fourth-order valence-corrected chi connectivity index (χ4v) is 3.61. The number of halogens is 1. The zero-order valence-electron chi connectivity index (χ0n) is 16.9. The van der Waals surface area contributed by atoms with E-state index in [1.54, 1.807) is 14.2 Å². The van der Waals surface area contributed by atoms with Gasteiger partial charge >= 0.3 is 0 Å². The summed E-state index contributed by atoms with van der Waals surface area (Å²) in [6, 6.07) is 23.9. The van der Waals surface area contributed by atoms with Crippen molar-refractivity contribution in [2.75, 3.05) is 19.2 Å². The van der Waals surface area contributed by atoms with Gasteiger partial charge in [0.1, 0.15) is 11.5 Å². The SMILES string of the molecule is COc1ccc(C=CC2=C[C@@H](c3ccc(OC)cc3)N(c3ccccc3Cl)N2)cc1. The fraction of sp³-hybridized carbons (Fsp3) is 0.120. The van der Waals surface area contributed by atoms with Crippen molar-refractivity contribution in [3.63, 3.8) is 0 Å². The Balaban J connectivity index is 1.64. The van der Waals surface area contributed by atoms with Crippen LogP contribution < -0.4 is 19.9 Å². The number of hydrogen-bond acceptors (Lipinski definition) is 4. The molecule has 0 amide bonds. The van der Waals surface area contributed by atoms with E-state index in [9.17, 15) is 0 Å². The molecule has 3 aromatic carbocycles. The summed E-state index contributed by atoms with van der Waals surface area (Å²) in [6.07, 6.45) is 6.32. The summed E-state index contributed by atoms with van der Waals surface area (Å²) < 4.78 is 10.5. The van der Waals surface area contributed by atoms with Crippen molar-refractivity contribution < 1.29 is 9.47 Å². The predicted octanol–water partition coefficient (Wildman–Crippen LogP) is 6.02. The molecule has 1 N–H and O–H groups in total. The smallest absolute Gasteiger partial charge is 0.118 e. The quantitative estimate of drug-likeness (QED) is 0.530. The van der Waals surface area contributed by atoms with E-state index >= 15 is 0 Å². The van der Waals surface area contributed by atoms with Gasteiger partial charge in [-0.3, -0.25) is 10.4 Å². The summed E-state index contributed by atoms with van der Waals surface area (Å²) in [5, 5.41) is 2.77. The van der Waals surface area contributed by atoms with Crippen molar-refractivity contribution in [1.29, 1.82) is 0 Å². The maximum absolute atomic E-state index is 6.50. The molecule has 0 aromatic heterocycles. The van der Waals surface area contributed by atoms with Crippen LogP contribution in [0.5, 0.6) is 11.5 Å². The van der Waals surface area contributed by atoms with E-state index < -0.39 is 0 Å². The van der Waals surface area contributed by atoms with Crippen molar-refractivity contribution in [3.8, 4) is 11.5 Å². The van der Waals surface area contributed by atoms with Gasteiger partial charge in [-0.1, -0.05) is 54.1 Å². The molecule has 0 unspecified atom stereocenters. The monoisotopic (exact) mass is 418 g/mol. The molecule has 0 bridgehead atoms. The van der Waals surface area contributed by atoms with Crippen LogP contribution in [0, 0.1) is 0 Å². The zero-order chi connectivity index (χ0) is 20.9. The summed E-state index contributed by atoms with van der Waals surface area (Å²) in [7, 11) is 3.34. The van der Waals surface area contributed by atoms with Gasteiger partial charge < -0.3 is 9.47 Å². The lowest BCUT2D eigenvalue weighted by Gasteiger charge is -2.28. The second-order valence-corrected chi connectivity index (χ2v) is 7.29. The minimum atomic E-state index is -0.00803. The lowest BCUT2D eigenvalue weighted by molar-refractivity contribution is 0.414. The highest BCUT2D eigenvalue weighted by molar-refractivity contribution is 6.33. The third-order valence-corrected chi connectivity index (χ3v) is 5.33. The van der Waals surface area contributed by atoms with E-state index in [4.69, 9.17) is 21.1 Å². The van der Waals surface area contributed by atoms with Crippen LogP contribution in [0.2, 0.25) is 5.02 Å². The van der Waals surface area contributed by atoms with Crippen LogP contribution in [-0.4, -0.2) is 14.2 Å². The second-order valence-electron chi connectivity index (χ2n) is 6.88. The average molecular weight is 419 g/mol. The lowest BCUT2D eigenvalue weighted by atomic mass is 10.1. The third-order valence-electron chi connectivity index (χ3n) is 5.01. The maximum atomic E-state index is 6.50. The van der Waals surface area contributed by atoms with Crippen LogP contribution in [0.4, 0.5) is 5.69 Å². The van der Waals surface area contributed by atoms with Gasteiger partial charge in [0.25, 0.3) is 0 Å². The number of nitrogens with one attached hydrogen (secondary N) is 1. The van der Waals surface area contributed by atoms with Gasteiger partial charge in [-0.05, 0) is 59.7 Å². The standard InChI is InChI=1S/C25H23ClN2O2/c1-29-21-13-8-18(9-14-21)7-12-20-17-25(19-10-15-22(30-2)16-11-19)28(27-20)24-6-4-3-5-23(24)26/h3-17,25,27H,1-2H3/t25-/m0/s1. The van der Waals surface area contributed by atoms with Crippen molar-refractivity contribution in [1.82, 2.24) is 5.43 Å². The van der Waals surface area contributed by atoms with E-state index in [0.717, 1.165) is 34.0 Å². The van der Waals surface area contributed by atoms with Crippen LogP contribution in [0.15, 0.2) is 90.6 Å². The summed E-state index contributed by atoms with van der Waals surface area (Å²) in [4.78, 5) is 0. The Kier molecular flexibility index (Phi) is 5.96. The Hall–Kier alpha value is -3.37. The highest BCUT2D eigenvalue weighted by Gasteiger charge is 2.27. The number of nitrogens with zero attached hydrogens (tertiary/aromatic N) is 1. The highest BCUT2D eigenvalue weighted by atomic mass is 35.5. The molecule has 1 atom stereocenters. The molecule has 0 radical (unpaired) electrons. The predicted molar refractivity (Wildman–Crippen MR) is 123 cm³/mol. The number of anilines is 1. The molecule has 30 heavy (non-hydrogen) atoms. The first-order valence-electron chi connectivity index (χ1n) is 9.66. The number of allylic oxidation sites excluding steroid dienone is 1. The fourth-order valence-electron chi connectivity index (χ4n) is 3.39. The minimum Gasteiger partial charge on any atom is -0.497 e. The number of hydrazine groups is 1. The van der Waals surface area contributed by atoms with E-state index in [2.05, 4.69) is 40.8 Å². The Morgan fingerprint density at radius 1 is 0.833 bits per heavy atom. The molecule has 4 rings (SSSR count). The first kappa shape index (κ1) is 19.9. The normalized spacial score (nSPS) is 15.8. The summed E-state index contributed by atoms with van der Waals surface area (Å²) in [6.45, 7) is 0. The largest absolute Gasteiger partial charge is 0.497 e. The van der Waals surface area contributed by atoms with Gasteiger partial charge in [0.05, 0.1) is 36.7 Å². The maximum Gasteiger partial charge on any atom is 0.118 e. The van der Waals surface area contributed by atoms with Gasteiger partial charge in [0, 0.05) is 0 Å². The number of methoxy groups -OCH3 is 2. The molecule has 0 aliphatic carbocycles. The van der Waals surface area contributed by atoms with E-state index in [0.29, 0.717) is 5.02 Å². The number of ether oxygens (including phenoxy) is 2. The highest BCUT2D eigenvalue weighted by Crippen LogP contribution is 2.36. The molecule has 5 heteroatoms. The molecule has 1 aliphatic heterocycles. The Labute approximate surface area is 182 Å². The van der Waals surface area contributed by atoms with Crippen LogP contribution >= 0.6 is 11.6 Å². The molecule has 0 saturated carbocycles. The first-order valence-corrected chi connectivity index (χ1v) is 10.0. The van der Waals surface area contributed by atoms with Crippen LogP contribution in [-0.2, 0) is 0 Å². The molecular weight excluding hydrogens is 396 g/mol. The van der Waals surface area contributed by atoms with Gasteiger partial charge in [0.2, 0.25) is 0 Å². The molecule has 0 fully saturated rings. The Morgan fingerprint density at radius 2 is 1.47 bits per heavy atom. The Morgan fingerprint density at radius 3 is 2.10 bits per heavy atom. The minimum absolute atomic E-state index is 0.00803. The molecule has 1 aliphatic rings. The van der Waals surface area contributed by atoms with Crippen LogP contribution in [0.25, 0.3) is 6.08 Å². The number of hydrogen-bond donors (Lipinski definition) is 1. The summed E-state index contributed by atoms with van der Waals surface area (Å²) in [5.74, 6) is 1.67. The molecule has 152 valence electrons. The van der Waals surface area contributed by atoms with Crippen LogP contribution in [0.3, 0.4) is 0 Å². The van der Waals surface area contributed by atoms with Crippen molar-refractivity contribution in [2.24, 2.45) is 0 Å². The van der Waals surface area contributed by atoms with Crippen molar-refractivity contribution in [2.45, 2.75) is 6.04 Å². The number of rotatable bonds is 6. The Bertz CT molecular complexity index is 1060. The number of para-hydroxylation sites is 1. The molecule has 0 saturated heterocycles. The average Bonchev–Trinajstić information content (AvgIpc) is 3.22. The van der Waals surface area contributed by atoms with Crippen LogP contribution in [0.1, 0.15) is 17.2 Å². The second kappa shape index (κ2) is 8.97. The molecule has 3 aromatic rings. The topological polar surface area (TPSA) is 33.7 Å². The van der Waals surface area contributed by atoms with Gasteiger partial charge in [-0.2, -0.15) is 0 Å². The van der Waals surface area contributed by atoms with Gasteiger partial charge in [-0.25, -0.2) is 0 Å². The number of benzene rings is 3. The molecular formula is C25H23ClN2O2. The third kappa shape index (κ3) is 4.29. The lowest BCUT2D eigenvalue weighted by Crippen LogP contribution is -2.34. The molecule has 0 spiro atoms. The van der Waals surface area contributed by atoms with Crippen molar-refractivity contribution in [3.05, 3.63) is 107 Å². The van der Waals surface area contributed by atoms with Gasteiger partial charge in [-0.15, -0.1) is 0 Å². The zero-order valence-corrected chi connectivity index (χ0v) is 17.6. The van der Waals surface area contributed by atoms with E-state index in [-0.39, 0.29) is 6.04 Å². The van der Waals surface area contributed by atoms with Gasteiger partial charge in [0.15, 0.2) is 0 Å². The van der Waals surface area contributed by atoms with E-state index in [1.807, 2.05) is 60.7 Å². The molecule has 4 nitrogen and oxygen atoms in total. The molecule has 1 heterocycles. The summed E-state index contributed by atoms with van der Waals surface area (Å²) in [5.41, 5.74) is 7.63. The first-order chi connectivity index (χ1) is 14.7. The van der Waals surface area contributed by atoms with E-state index in [1.165, 1.54) is 0 Å².